The SMILES string of the molecule is CCOC(=CC=CC(=Cc1sc2cc3ccccc3cc2[n+]1CC)OCC)C=C1Sc2cc3ccccc3cc2N1CC. The molecule has 0 spiro atoms. The van der Waals surface area contributed by atoms with Crippen molar-refractivity contribution in [3.63, 3.8) is 0 Å². The lowest BCUT2D eigenvalue weighted by Crippen LogP contribution is -2.33. The Bertz CT molecular complexity index is 1910. The van der Waals surface area contributed by atoms with Crippen molar-refractivity contribution < 1.29 is 14.0 Å². The molecule has 0 amide bonds. The zero-order valence-corrected chi connectivity index (χ0v) is 26.8. The van der Waals surface area contributed by atoms with Crippen molar-refractivity contribution >= 4 is 66.6 Å². The first-order valence-corrected chi connectivity index (χ1v) is 16.7. The van der Waals surface area contributed by atoms with E-state index in [2.05, 4.69) is 108 Å². The van der Waals surface area contributed by atoms with E-state index in [9.17, 15) is 0 Å². The van der Waals surface area contributed by atoms with Gasteiger partial charge in [-0.2, -0.15) is 4.57 Å². The number of aromatic nitrogens is 1. The first-order valence-electron chi connectivity index (χ1n) is 15.0. The molecule has 0 N–H and O–H groups in total. The largest absolute Gasteiger partial charge is 0.494 e. The second-order valence-electron chi connectivity index (χ2n) is 10.2. The minimum atomic E-state index is 0.595. The number of allylic oxidation sites excluding steroid dienone is 4. The third-order valence-electron chi connectivity index (χ3n) is 7.50. The van der Waals surface area contributed by atoms with Gasteiger partial charge in [-0.3, -0.25) is 0 Å². The highest BCUT2D eigenvalue weighted by atomic mass is 32.2. The maximum Gasteiger partial charge on any atom is 0.266 e. The number of nitrogens with zero attached hydrogens (tertiary/aromatic N) is 2. The Morgan fingerprint density at radius 2 is 1.47 bits per heavy atom. The fourth-order valence-electron chi connectivity index (χ4n) is 5.53. The van der Waals surface area contributed by atoms with Gasteiger partial charge in [-0.15, -0.1) is 0 Å². The van der Waals surface area contributed by atoms with Crippen LogP contribution in [-0.4, -0.2) is 19.8 Å². The van der Waals surface area contributed by atoms with Gasteiger partial charge in [0.15, 0.2) is 0 Å². The Hall–Kier alpha value is -4.00. The van der Waals surface area contributed by atoms with E-state index in [-0.39, 0.29) is 0 Å². The van der Waals surface area contributed by atoms with Gasteiger partial charge in [-0.1, -0.05) is 77.7 Å². The summed E-state index contributed by atoms with van der Waals surface area (Å²) in [6, 6.07) is 26.3. The molecule has 0 bridgehead atoms. The summed E-state index contributed by atoms with van der Waals surface area (Å²) >= 11 is 3.60. The number of rotatable bonds is 10. The van der Waals surface area contributed by atoms with E-state index in [4.69, 9.17) is 9.47 Å². The van der Waals surface area contributed by atoms with Crippen LogP contribution in [0.5, 0.6) is 0 Å². The Kier molecular flexibility index (Phi) is 8.87. The molecule has 0 saturated carbocycles. The van der Waals surface area contributed by atoms with Crippen LogP contribution >= 0.6 is 23.1 Å². The quantitative estimate of drug-likeness (QED) is 0.0899. The van der Waals surface area contributed by atoms with Gasteiger partial charge in [0.05, 0.1) is 30.0 Å². The van der Waals surface area contributed by atoms with Crippen molar-refractivity contribution in [3.05, 3.63) is 119 Å². The lowest BCUT2D eigenvalue weighted by atomic mass is 10.1. The summed E-state index contributed by atoms with van der Waals surface area (Å²) in [6.45, 7) is 11.4. The number of thiazole rings is 1. The van der Waals surface area contributed by atoms with Gasteiger partial charge in [0, 0.05) is 23.6 Å². The summed E-state index contributed by atoms with van der Waals surface area (Å²) in [5.74, 6) is 1.65. The fourth-order valence-corrected chi connectivity index (χ4v) is 7.93. The van der Waals surface area contributed by atoms with Gasteiger partial charge in [-0.05, 0) is 79.6 Å². The maximum absolute atomic E-state index is 6.08. The summed E-state index contributed by atoms with van der Waals surface area (Å²) < 4.78 is 15.8. The summed E-state index contributed by atoms with van der Waals surface area (Å²) in [4.78, 5) is 3.64. The minimum Gasteiger partial charge on any atom is -0.494 e. The van der Waals surface area contributed by atoms with Crippen LogP contribution in [0.2, 0.25) is 0 Å². The number of aryl methyl sites for hydroxylation is 1. The topological polar surface area (TPSA) is 25.6 Å². The predicted octanol–water partition coefficient (Wildman–Crippen LogP) is 9.84. The number of fused-ring (bicyclic) bond motifs is 4. The first kappa shape index (κ1) is 29.1. The summed E-state index contributed by atoms with van der Waals surface area (Å²) in [7, 11) is 0. The van der Waals surface area contributed by atoms with Crippen LogP contribution in [-0.2, 0) is 16.0 Å². The van der Waals surface area contributed by atoms with Gasteiger partial charge in [0.1, 0.15) is 22.8 Å². The predicted molar refractivity (Wildman–Crippen MR) is 185 cm³/mol. The van der Waals surface area contributed by atoms with Crippen molar-refractivity contribution in [1.29, 1.82) is 0 Å². The first-order chi connectivity index (χ1) is 21.1. The molecule has 6 rings (SSSR count). The lowest BCUT2D eigenvalue weighted by Gasteiger charge is -2.19. The zero-order chi connectivity index (χ0) is 29.8. The van der Waals surface area contributed by atoms with Crippen LogP contribution < -0.4 is 9.47 Å². The monoisotopic (exact) mass is 605 g/mol. The molecule has 0 aliphatic carbocycles. The summed E-state index contributed by atoms with van der Waals surface area (Å²) in [6.07, 6.45) is 10.4. The van der Waals surface area contributed by atoms with Crippen molar-refractivity contribution in [3.8, 4) is 0 Å². The van der Waals surface area contributed by atoms with Gasteiger partial charge in [0.25, 0.3) is 5.01 Å². The van der Waals surface area contributed by atoms with Crippen LogP contribution in [0.3, 0.4) is 0 Å². The van der Waals surface area contributed by atoms with E-state index in [1.165, 1.54) is 52.4 Å². The van der Waals surface area contributed by atoms with Crippen molar-refractivity contribution in [2.45, 2.75) is 39.1 Å². The normalized spacial score (nSPS) is 15.0. The number of ether oxygens (including phenoxy) is 2. The smallest absolute Gasteiger partial charge is 0.266 e. The molecule has 0 unspecified atom stereocenters. The van der Waals surface area contributed by atoms with Crippen LogP contribution in [0.25, 0.3) is 37.8 Å². The number of anilines is 1. The van der Waals surface area contributed by atoms with Crippen LogP contribution in [0.4, 0.5) is 5.69 Å². The molecule has 0 saturated heterocycles. The van der Waals surface area contributed by atoms with Crippen molar-refractivity contribution in [1.82, 2.24) is 0 Å². The average molecular weight is 606 g/mol. The van der Waals surface area contributed by atoms with E-state index < -0.39 is 0 Å². The highest BCUT2D eigenvalue weighted by Gasteiger charge is 2.25. The number of benzene rings is 4. The van der Waals surface area contributed by atoms with Gasteiger partial charge in [-0.25, -0.2) is 0 Å². The van der Waals surface area contributed by atoms with Crippen molar-refractivity contribution in [2.24, 2.45) is 0 Å². The molecule has 4 nitrogen and oxygen atoms in total. The highest BCUT2D eigenvalue weighted by Crippen LogP contribution is 2.47. The molecule has 0 atom stereocenters. The Labute approximate surface area is 262 Å². The second-order valence-corrected chi connectivity index (χ2v) is 12.3. The molecule has 0 radical (unpaired) electrons. The van der Waals surface area contributed by atoms with E-state index in [1.54, 1.807) is 23.1 Å². The Morgan fingerprint density at radius 1 is 0.814 bits per heavy atom. The van der Waals surface area contributed by atoms with Crippen LogP contribution in [0.1, 0.15) is 32.7 Å². The molecule has 43 heavy (non-hydrogen) atoms. The van der Waals surface area contributed by atoms with Gasteiger partial charge >= 0.3 is 0 Å². The zero-order valence-electron chi connectivity index (χ0n) is 25.2. The molecular formula is C37H37N2O2S2+. The van der Waals surface area contributed by atoms with E-state index in [0.717, 1.165) is 24.6 Å². The lowest BCUT2D eigenvalue weighted by molar-refractivity contribution is -0.665. The molecule has 1 aliphatic heterocycles. The molecule has 6 heteroatoms. The Balaban J connectivity index is 1.30. The molecule has 2 heterocycles. The number of hydrogen-bond donors (Lipinski definition) is 0. The van der Waals surface area contributed by atoms with Crippen molar-refractivity contribution in [2.75, 3.05) is 24.7 Å². The molecule has 218 valence electrons. The number of hydrogen-bond acceptors (Lipinski definition) is 5. The van der Waals surface area contributed by atoms with Crippen LogP contribution in [0.15, 0.2) is 119 Å². The van der Waals surface area contributed by atoms with E-state index in [1.807, 2.05) is 32.1 Å². The molecule has 4 aromatic carbocycles. The second kappa shape index (κ2) is 13.1. The number of thioether (sulfide) groups is 1. The fraction of sp³-hybridized carbons (Fsp3) is 0.216. The molecule has 1 aliphatic rings. The summed E-state index contributed by atoms with van der Waals surface area (Å²) in [5, 5.41) is 7.39. The molecule has 5 aromatic rings. The molecule has 1 aromatic heterocycles. The third-order valence-corrected chi connectivity index (χ3v) is 9.69. The Morgan fingerprint density at radius 3 is 2.14 bits per heavy atom. The molecule has 0 fully saturated rings. The third kappa shape index (κ3) is 6.08. The average Bonchev–Trinajstić information content (AvgIpc) is 3.53. The van der Waals surface area contributed by atoms with Gasteiger partial charge in [0.2, 0.25) is 5.52 Å². The standard InChI is InChI=1S/C37H37N2O2S2/c1-5-38-32-20-26-14-9-11-16-28(26)22-34(32)42-36(38)24-30(40-7-3)18-13-19-31(41-8-4)25-37-39(6-2)33-21-27-15-10-12-17-29(27)23-35(33)43-37/h9-25H,5-8H2,1-4H3/q+1. The maximum atomic E-state index is 6.08. The van der Waals surface area contributed by atoms with Crippen LogP contribution in [0, 0.1) is 0 Å². The van der Waals surface area contributed by atoms with E-state index >= 15 is 0 Å². The summed E-state index contributed by atoms with van der Waals surface area (Å²) in [5.41, 5.74) is 2.51. The van der Waals surface area contributed by atoms with Gasteiger partial charge < -0.3 is 14.4 Å². The highest BCUT2D eigenvalue weighted by molar-refractivity contribution is 8.03. The molecular weight excluding hydrogens is 569 g/mol. The van der Waals surface area contributed by atoms with E-state index in [0.29, 0.717) is 13.2 Å². The minimum absolute atomic E-state index is 0.595.